The standard InChI is InChI=1S/C25H18ClN3O4/c26-23-12-9-21(14-24(23)29(31)32)25(30)28-27-15-17-6-10-22(11-7-17)33-16-18-5-8-19-3-1-2-4-20(19)13-18/h1-15H,16H2,(H,28,30)/b27-15-. The zero-order valence-electron chi connectivity index (χ0n) is 17.3. The topological polar surface area (TPSA) is 93.8 Å². The molecule has 1 N–H and O–H groups in total. The zero-order valence-corrected chi connectivity index (χ0v) is 18.0. The second kappa shape index (κ2) is 9.93. The highest BCUT2D eigenvalue weighted by atomic mass is 35.5. The van der Waals surface area contributed by atoms with E-state index in [9.17, 15) is 14.9 Å². The summed E-state index contributed by atoms with van der Waals surface area (Å²) in [5.41, 5.74) is 3.91. The highest BCUT2D eigenvalue weighted by Gasteiger charge is 2.15. The molecule has 4 aromatic rings. The van der Waals surface area contributed by atoms with Crippen molar-refractivity contribution in [2.45, 2.75) is 6.61 Å². The maximum atomic E-state index is 12.2. The molecule has 8 heteroatoms. The Labute approximate surface area is 194 Å². The molecule has 7 nitrogen and oxygen atoms in total. The molecule has 0 radical (unpaired) electrons. The van der Waals surface area contributed by atoms with E-state index in [0.29, 0.717) is 12.4 Å². The summed E-state index contributed by atoms with van der Waals surface area (Å²) in [5, 5.41) is 17.2. The van der Waals surface area contributed by atoms with E-state index in [-0.39, 0.29) is 16.3 Å². The lowest BCUT2D eigenvalue weighted by Gasteiger charge is -2.07. The molecule has 0 unspecified atom stereocenters. The van der Waals surface area contributed by atoms with Crippen LogP contribution >= 0.6 is 11.6 Å². The van der Waals surface area contributed by atoms with Gasteiger partial charge in [0.1, 0.15) is 17.4 Å². The lowest BCUT2D eigenvalue weighted by Crippen LogP contribution is -2.17. The van der Waals surface area contributed by atoms with Crippen LogP contribution in [0.4, 0.5) is 5.69 Å². The first-order valence-electron chi connectivity index (χ1n) is 9.97. The van der Waals surface area contributed by atoms with Gasteiger partial charge in [-0.15, -0.1) is 0 Å². The predicted octanol–water partition coefficient (Wildman–Crippen LogP) is 5.74. The van der Waals surface area contributed by atoms with Gasteiger partial charge in [0.2, 0.25) is 0 Å². The Morgan fingerprint density at radius 2 is 1.76 bits per heavy atom. The van der Waals surface area contributed by atoms with Crippen LogP contribution in [0.3, 0.4) is 0 Å². The van der Waals surface area contributed by atoms with Crippen molar-refractivity contribution in [3.8, 4) is 5.75 Å². The molecule has 0 aliphatic heterocycles. The average molecular weight is 460 g/mol. The van der Waals surface area contributed by atoms with Crippen molar-refractivity contribution in [3.63, 3.8) is 0 Å². The van der Waals surface area contributed by atoms with E-state index in [2.05, 4.69) is 34.8 Å². The Kier molecular flexibility index (Phi) is 6.61. The minimum absolute atomic E-state index is 0.0389. The van der Waals surface area contributed by atoms with E-state index in [0.717, 1.165) is 17.2 Å². The van der Waals surface area contributed by atoms with Crippen molar-refractivity contribution < 1.29 is 14.5 Å². The van der Waals surface area contributed by atoms with E-state index in [1.54, 1.807) is 12.1 Å². The number of hydrazone groups is 1. The molecule has 0 heterocycles. The van der Waals surface area contributed by atoms with Gasteiger partial charge in [0.15, 0.2) is 0 Å². The maximum Gasteiger partial charge on any atom is 0.288 e. The maximum absolute atomic E-state index is 12.2. The van der Waals surface area contributed by atoms with E-state index >= 15 is 0 Å². The molecular formula is C25H18ClN3O4. The molecule has 0 fully saturated rings. The Morgan fingerprint density at radius 3 is 2.52 bits per heavy atom. The summed E-state index contributed by atoms with van der Waals surface area (Å²) in [4.78, 5) is 22.5. The number of carbonyl (C=O) groups excluding carboxylic acids is 1. The van der Waals surface area contributed by atoms with Crippen LogP contribution in [0.1, 0.15) is 21.5 Å². The number of fused-ring (bicyclic) bond motifs is 1. The molecule has 164 valence electrons. The Balaban J connectivity index is 1.33. The minimum atomic E-state index is -0.647. The van der Waals surface area contributed by atoms with Crippen LogP contribution in [0, 0.1) is 10.1 Å². The summed E-state index contributed by atoms with van der Waals surface area (Å²) in [6.07, 6.45) is 1.47. The molecule has 0 bridgehead atoms. The third-order valence-corrected chi connectivity index (χ3v) is 5.20. The molecule has 0 aromatic heterocycles. The van der Waals surface area contributed by atoms with Crippen molar-refractivity contribution in [2.24, 2.45) is 5.10 Å². The highest BCUT2D eigenvalue weighted by Crippen LogP contribution is 2.25. The number of hydrogen-bond donors (Lipinski definition) is 1. The summed E-state index contributed by atoms with van der Waals surface area (Å²) < 4.78 is 5.86. The number of nitro benzene ring substituents is 1. The first-order chi connectivity index (χ1) is 16.0. The molecule has 0 saturated heterocycles. The summed E-state index contributed by atoms with van der Waals surface area (Å²) in [5.74, 6) is 0.124. The fraction of sp³-hybridized carbons (Fsp3) is 0.0400. The number of nitro groups is 1. The summed E-state index contributed by atoms with van der Waals surface area (Å²) in [6, 6.07) is 25.4. The summed E-state index contributed by atoms with van der Waals surface area (Å²) >= 11 is 5.76. The number of rotatable bonds is 7. The van der Waals surface area contributed by atoms with Crippen molar-refractivity contribution in [1.29, 1.82) is 0 Å². The Hall–Kier alpha value is -4.23. The number of nitrogens with one attached hydrogen (secondary N) is 1. The largest absolute Gasteiger partial charge is 0.489 e. The minimum Gasteiger partial charge on any atom is -0.489 e. The van der Waals surface area contributed by atoms with Gasteiger partial charge in [0.25, 0.3) is 11.6 Å². The Bertz CT molecular complexity index is 1350. The number of halogens is 1. The van der Waals surface area contributed by atoms with Crippen LogP contribution in [0.15, 0.2) is 90.0 Å². The van der Waals surface area contributed by atoms with Crippen molar-refractivity contribution in [3.05, 3.63) is 117 Å². The van der Waals surface area contributed by atoms with Crippen molar-refractivity contribution >= 4 is 40.2 Å². The fourth-order valence-electron chi connectivity index (χ4n) is 3.17. The third-order valence-electron chi connectivity index (χ3n) is 4.88. The quantitative estimate of drug-likeness (QED) is 0.216. The smallest absolute Gasteiger partial charge is 0.288 e. The number of hydrogen-bond acceptors (Lipinski definition) is 5. The SMILES string of the molecule is O=C(N/N=C\c1ccc(OCc2ccc3ccccc3c2)cc1)c1ccc(Cl)c([N+](=O)[O-])c1. The molecule has 4 aromatic carbocycles. The van der Waals surface area contributed by atoms with Gasteiger partial charge >= 0.3 is 0 Å². The van der Waals surface area contributed by atoms with E-state index in [4.69, 9.17) is 16.3 Å². The second-order valence-corrected chi connectivity index (χ2v) is 7.57. The van der Waals surface area contributed by atoms with Crippen LogP contribution in [-0.2, 0) is 6.61 Å². The van der Waals surface area contributed by atoms with Gasteiger partial charge in [-0.05, 0) is 64.4 Å². The number of benzene rings is 4. The van der Waals surface area contributed by atoms with Gasteiger partial charge in [0.05, 0.1) is 11.1 Å². The molecule has 4 rings (SSSR count). The van der Waals surface area contributed by atoms with Crippen LogP contribution in [0.25, 0.3) is 10.8 Å². The van der Waals surface area contributed by atoms with Gasteiger partial charge in [-0.2, -0.15) is 5.10 Å². The van der Waals surface area contributed by atoms with Crippen LogP contribution in [0.2, 0.25) is 5.02 Å². The van der Waals surface area contributed by atoms with Gasteiger partial charge in [-0.1, -0.05) is 48.0 Å². The molecule has 0 saturated carbocycles. The van der Waals surface area contributed by atoms with E-state index in [1.807, 2.05) is 30.3 Å². The number of nitrogens with zero attached hydrogens (tertiary/aromatic N) is 2. The molecule has 0 aliphatic carbocycles. The predicted molar refractivity (Wildman–Crippen MR) is 128 cm³/mol. The lowest BCUT2D eigenvalue weighted by atomic mass is 10.1. The van der Waals surface area contributed by atoms with Crippen LogP contribution in [-0.4, -0.2) is 17.0 Å². The number of carbonyl (C=O) groups is 1. The van der Waals surface area contributed by atoms with Gasteiger partial charge in [-0.3, -0.25) is 14.9 Å². The van der Waals surface area contributed by atoms with Crippen LogP contribution in [0.5, 0.6) is 5.75 Å². The molecular weight excluding hydrogens is 442 g/mol. The van der Waals surface area contributed by atoms with Crippen LogP contribution < -0.4 is 10.2 Å². The normalized spacial score (nSPS) is 10.9. The Morgan fingerprint density at radius 1 is 1.00 bits per heavy atom. The number of amides is 1. The first kappa shape index (κ1) is 22.0. The molecule has 0 atom stereocenters. The van der Waals surface area contributed by atoms with E-state index < -0.39 is 10.8 Å². The summed E-state index contributed by atoms with van der Waals surface area (Å²) in [7, 11) is 0. The van der Waals surface area contributed by atoms with E-state index in [1.165, 1.54) is 29.1 Å². The number of ether oxygens (including phenoxy) is 1. The second-order valence-electron chi connectivity index (χ2n) is 7.16. The highest BCUT2D eigenvalue weighted by molar-refractivity contribution is 6.32. The molecule has 33 heavy (non-hydrogen) atoms. The molecule has 1 amide bonds. The monoisotopic (exact) mass is 459 g/mol. The average Bonchev–Trinajstić information content (AvgIpc) is 2.83. The fourth-order valence-corrected chi connectivity index (χ4v) is 3.36. The molecule has 0 aliphatic rings. The van der Waals surface area contributed by atoms with Gasteiger partial charge in [-0.25, -0.2) is 5.43 Å². The first-order valence-corrected chi connectivity index (χ1v) is 10.4. The van der Waals surface area contributed by atoms with Crippen molar-refractivity contribution in [2.75, 3.05) is 0 Å². The lowest BCUT2D eigenvalue weighted by molar-refractivity contribution is -0.384. The van der Waals surface area contributed by atoms with Gasteiger partial charge in [0, 0.05) is 11.6 Å². The third kappa shape index (κ3) is 5.53. The zero-order chi connectivity index (χ0) is 23.2. The molecule has 0 spiro atoms. The van der Waals surface area contributed by atoms with Crippen molar-refractivity contribution in [1.82, 2.24) is 5.43 Å². The summed E-state index contributed by atoms with van der Waals surface area (Å²) in [6.45, 7) is 0.446. The van der Waals surface area contributed by atoms with Gasteiger partial charge < -0.3 is 4.74 Å².